The van der Waals surface area contributed by atoms with Crippen LogP contribution < -0.4 is 20.5 Å². The molecule has 0 aromatic heterocycles. The van der Waals surface area contributed by atoms with Gasteiger partial charge >= 0.3 is 12.6 Å². The number of nitrogens with zero attached hydrogens (tertiary/aromatic N) is 1. The number of primary amides is 1. The molecule has 160 valence electrons. The number of nitrogens with two attached hydrogens (primary N) is 1. The van der Waals surface area contributed by atoms with E-state index in [4.69, 9.17) is 10.5 Å². The fraction of sp³-hybridized carbons (Fsp3) is 0.300. The van der Waals surface area contributed by atoms with Crippen LogP contribution in [0.4, 0.5) is 23.7 Å². The quantitative estimate of drug-likeness (QED) is 0.677. The van der Waals surface area contributed by atoms with E-state index in [1.54, 1.807) is 11.0 Å². The van der Waals surface area contributed by atoms with E-state index in [0.29, 0.717) is 5.56 Å². The average molecular weight is 423 g/mol. The molecule has 3 N–H and O–H groups in total. The van der Waals surface area contributed by atoms with Crippen molar-refractivity contribution in [1.82, 2.24) is 4.90 Å². The molecular weight excluding hydrogens is 403 g/mol. The van der Waals surface area contributed by atoms with E-state index in [2.05, 4.69) is 10.1 Å². The lowest BCUT2D eigenvalue weighted by Crippen LogP contribution is -2.36. The van der Waals surface area contributed by atoms with Crippen LogP contribution in [0.1, 0.15) is 28.8 Å². The lowest BCUT2D eigenvalue weighted by molar-refractivity contribution is -0.0512. The van der Waals surface area contributed by atoms with Gasteiger partial charge < -0.3 is 25.4 Å². The van der Waals surface area contributed by atoms with Gasteiger partial charge in [-0.15, -0.1) is 0 Å². The first kappa shape index (κ1) is 21.3. The smallest absolute Gasteiger partial charge is 0.387 e. The number of carbonyl (C=O) groups is 2. The Morgan fingerprint density at radius 1 is 1.20 bits per heavy atom. The van der Waals surface area contributed by atoms with Crippen molar-refractivity contribution in [3.05, 3.63) is 53.3 Å². The fourth-order valence-electron chi connectivity index (χ4n) is 2.94. The maximum absolute atomic E-state index is 13.6. The SMILES string of the molecule is COc1cc(CN(C(=O)Nc2ccc(F)c(C(N)=O)c2)C2CC2)ccc1OC(F)F. The van der Waals surface area contributed by atoms with Gasteiger partial charge in [0.15, 0.2) is 11.5 Å². The van der Waals surface area contributed by atoms with E-state index >= 15 is 0 Å². The Labute approximate surface area is 170 Å². The first-order chi connectivity index (χ1) is 14.3. The maximum atomic E-state index is 13.6. The van der Waals surface area contributed by atoms with Gasteiger partial charge in [0.2, 0.25) is 0 Å². The number of ether oxygens (including phenoxy) is 2. The summed E-state index contributed by atoms with van der Waals surface area (Å²) in [4.78, 5) is 25.6. The summed E-state index contributed by atoms with van der Waals surface area (Å²) in [6, 6.07) is 7.52. The molecule has 3 rings (SSSR count). The molecule has 0 bridgehead atoms. The van der Waals surface area contributed by atoms with Gasteiger partial charge in [0.1, 0.15) is 5.82 Å². The molecule has 0 radical (unpaired) electrons. The van der Waals surface area contributed by atoms with Gasteiger partial charge in [0.25, 0.3) is 5.91 Å². The predicted octanol–water partition coefficient (Wildman–Crippen LogP) is 3.73. The van der Waals surface area contributed by atoms with Crippen molar-refractivity contribution >= 4 is 17.6 Å². The zero-order valence-electron chi connectivity index (χ0n) is 16.0. The number of anilines is 1. The molecule has 1 saturated carbocycles. The van der Waals surface area contributed by atoms with Gasteiger partial charge in [-0.2, -0.15) is 8.78 Å². The molecule has 3 amide bonds. The Morgan fingerprint density at radius 2 is 1.93 bits per heavy atom. The van der Waals surface area contributed by atoms with Crippen LogP contribution in [0.15, 0.2) is 36.4 Å². The highest BCUT2D eigenvalue weighted by molar-refractivity contribution is 5.96. The number of rotatable bonds is 8. The third-order valence-electron chi connectivity index (χ3n) is 4.53. The van der Waals surface area contributed by atoms with Crippen LogP contribution in [0.3, 0.4) is 0 Å². The highest BCUT2D eigenvalue weighted by atomic mass is 19.3. The predicted molar refractivity (Wildman–Crippen MR) is 102 cm³/mol. The number of hydrogen-bond acceptors (Lipinski definition) is 4. The minimum atomic E-state index is -2.99. The zero-order valence-corrected chi connectivity index (χ0v) is 16.0. The summed E-state index contributed by atoms with van der Waals surface area (Å²) in [6.07, 6.45) is 1.63. The Morgan fingerprint density at radius 3 is 2.53 bits per heavy atom. The van der Waals surface area contributed by atoms with E-state index in [1.807, 2.05) is 0 Å². The number of hydrogen-bond donors (Lipinski definition) is 2. The van der Waals surface area contributed by atoms with Crippen molar-refractivity contribution in [2.75, 3.05) is 12.4 Å². The fourth-order valence-corrected chi connectivity index (χ4v) is 2.94. The molecule has 1 aliphatic rings. The number of benzene rings is 2. The van der Waals surface area contributed by atoms with Gasteiger partial charge in [0.05, 0.1) is 12.7 Å². The Bertz CT molecular complexity index is 951. The third kappa shape index (κ3) is 5.13. The molecule has 0 atom stereocenters. The second-order valence-corrected chi connectivity index (χ2v) is 6.71. The molecule has 7 nitrogen and oxygen atoms in total. The Kier molecular flexibility index (Phi) is 6.34. The van der Waals surface area contributed by atoms with Crippen LogP contribution in [0.2, 0.25) is 0 Å². The van der Waals surface area contributed by atoms with Gasteiger partial charge in [-0.3, -0.25) is 4.79 Å². The topological polar surface area (TPSA) is 93.9 Å². The van der Waals surface area contributed by atoms with Crippen LogP contribution in [-0.2, 0) is 6.54 Å². The molecule has 30 heavy (non-hydrogen) atoms. The number of halogens is 3. The van der Waals surface area contributed by atoms with Crippen molar-refractivity contribution in [3.63, 3.8) is 0 Å². The third-order valence-corrected chi connectivity index (χ3v) is 4.53. The second-order valence-electron chi connectivity index (χ2n) is 6.71. The lowest BCUT2D eigenvalue weighted by atomic mass is 10.1. The summed E-state index contributed by atoms with van der Waals surface area (Å²) in [5.41, 5.74) is 5.67. The number of nitrogens with one attached hydrogen (secondary N) is 1. The lowest BCUT2D eigenvalue weighted by Gasteiger charge is -2.23. The van der Waals surface area contributed by atoms with Crippen molar-refractivity contribution in [1.29, 1.82) is 0 Å². The van der Waals surface area contributed by atoms with E-state index in [-0.39, 0.29) is 35.3 Å². The van der Waals surface area contributed by atoms with Gasteiger partial charge in [-0.05, 0) is 48.7 Å². The molecule has 2 aromatic carbocycles. The first-order valence-corrected chi connectivity index (χ1v) is 9.07. The number of carbonyl (C=O) groups excluding carboxylic acids is 2. The summed E-state index contributed by atoms with van der Waals surface area (Å²) in [6.45, 7) is -2.80. The van der Waals surface area contributed by atoms with Crippen LogP contribution in [0.25, 0.3) is 0 Å². The van der Waals surface area contributed by atoms with Crippen molar-refractivity contribution in [2.45, 2.75) is 32.0 Å². The number of alkyl halides is 2. The summed E-state index contributed by atoms with van der Waals surface area (Å²) in [7, 11) is 1.33. The average Bonchev–Trinajstić information content (AvgIpc) is 3.52. The highest BCUT2D eigenvalue weighted by Gasteiger charge is 2.33. The minimum Gasteiger partial charge on any atom is -0.493 e. The molecule has 0 unspecified atom stereocenters. The Hall–Kier alpha value is -3.43. The maximum Gasteiger partial charge on any atom is 0.387 e. The minimum absolute atomic E-state index is 0.00375. The summed E-state index contributed by atoms with van der Waals surface area (Å²) < 4.78 is 48.1. The molecule has 0 saturated heterocycles. The molecule has 1 fully saturated rings. The van der Waals surface area contributed by atoms with Gasteiger partial charge in [-0.1, -0.05) is 6.07 Å². The molecule has 0 spiro atoms. The van der Waals surface area contributed by atoms with Crippen molar-refractivity contribution in [2.24, 2.45) is 5.73 Å². The standard InChI is InChI=1S/C20H20F3N3O4/c1-29-17-8-11(2-7-16(17)30-19(22)23)10-26(13-4-5-13)20(28)25-12-3-6-15(21)14(9-12)18(24)27/h2-3,6-9,13,19H,4-5,10H2,1H3,(H2,24,27)(H,25,28). The number of methoxy groups -OCH3 is 1. The molecule has 10 heteroatoms. The molecule has 0 aliphatic heterocycles. The monoisotopic (exact) mass is 423 g/mol. The van der Waals surface area contributed by atoms with E-state index in [1.165, 1.54) is 31.4 Å². The number of amides is 3. The summed E-state index contributed by atoms with van der Waals surface area (Å²) >= 11 is 0. The summed E-state index contributed by atoms with van der Waals surface area (Å²) in [5.74, 6) is -1.71. The Balaban J connectivity index is 1.76. The van der Waals surface area contributed by atoms with E-state index in [9.17, 15) is 22.8 Å². The second kappa shape index (κ2) is 8.93. The van der Waals surface area contributed by atoms with Crippen molar-refractivity contribution in [3.8, 4) is 11.5 Å². The van der Waals surface area contributed by atoms with Crippen LogP contribution in [0.5, 0.6) is 11.5 Å². The highest BCUT2D eigenvalue weighted by Crippen LogP contribution is 2.33. The first-order valence-electron chi connectivity index (χ1n) is 9.07. The van der Waals surface area contributed by atoms with Gasteiger partial charge in [0, 0.05) is 18.3 Å². The largest absolute Gasteiger partial charge is 0.493 e. The normalized spacial score (nSPS) is 13.1. The van der Waals surface area contributed by atoms with Crippen molar-refractivity contribution < 1.29 is 32.2 Å². The number of urea groups is 1. The molecular formula is C20H20F3N3O4. The van der Waals surface area contributed by atoms with Gasteiger partial charge in [-0.25, -0.2) is 9.18 Å². The van der Waals surface area contributed by atoms with E-state index in [0.717, 1.165) is 18.9 Å². The molecule has 2 aromatic rings. The van der Waals surface area contributed by atoms with Crippen LogP contribution in [0, 0.1) is 5.82 Å². The van der Waals surface area contributed by atoms with Crippen LogP contribution >= 0.6 is 0 Å². The zero-order chi connectivity index (χ0) is 21.8. The summed E-state index contributed by atoms with van der Waals surface area (Å²) in [5, 5.41) is 2.63. The van der Waals surface area contributed by atoms with E-state index < -0.39 is 24.4 Å². The molecule has 0 heterocycles. The molecule has 1 aliphatic carbocycles. The van der Waals surface area contributed by atoms with Crippen LogP contribution in [-0.4, -0.2) is 36.6 Å².